The van der Waals surface area contributed by atoms with Gasteiger partial charge < -0.3 is 10.5 Å². The van der Waals surface area contributed by atoms with Crippen LogP contribution in [0.3, 0.4) is 0 Å². The molecule has 0 aromatic heterocycles. The number of ether oxygens (including phenoxy) is 1. The fraction of sp³-hybridized carbons (Fsp3) is 0.364. The lowest BCUT2D eigenvalue weighted by molar-refractivity contribution is 0.309. The van der Waals surface area contributed by atoms with Gasteiger partial charge in [-0.05, 0) is 30.7 Å². The predicted molar refractivity (Wildman–Crippen MR) is 57.5 cm³/mol. The lowest BCUT2D eigenvalue weighted by Crippen LogP contribution is -2.01. The van der Waals surface area contributed by atoms with Gasteiger partial charge in [-0.1, -0.05) is 13.3 Å². The second-order valence-electron chi connectivity index (χ2n) is 3.09. The van der Waals surface area contributed by atoms with Crippen molar-refractivity contribution in [1.29, 1.82) is 0 Å². The summed E-state index contributed by atoms with van der Waals surface area (Å²) < 4.78 is 5.42. The summed E-state index contributed by atoms with van der Waals surface area (Å²) in [6.07, 6.45) is 2.10. The summed E-state index contributed by atoms with van der Waals surface area (Å²) in [5.74, 6) is 0.687. The van der Waals surface area contributed by atoms with E-state index in [0.29, 0.717) is 12.4 Å². The van der Waals surface area contributed by atoms with Gasteiger partial charge in [0, 0.05) is 0 Å². The van der Waals surface area contributed by atoms with Crippen molar-refractivity contribution in [2.75, 3.05) is 12.3 Å². The van der Waals surface area contributed by atoms with E-state index in [2.05, 4.69) is 6.92 Å². The largest absolute Gasteiger partial charge is 0.494 e. The van der Waals surface area contributed by atoms with Crippen LogP contribution in [0.15, 0.2) is 29.1 Å². The summed E-state index contributed by atoms with van der Waals surface area (Å²) in [6, 6.07) is 6.36. The van der Waals surface area contributed by atoms with Crippen molar-refractivity contribution in [3.63, 3.8) is 0 Å². The van der Waals surface area contributed by atoms with Gasteiger partial charge >= 0.3 is 0 Å². The van der Waals surface area contributed by atoms with Crippen molar-refractivity contribution >= 4 is 5.69 Å². The van der Waals surface area contributed by atoms with Gasteiger partial charge in [-0.3, -0.25) is 4.79 Å². The Labute approximate surface area is 83.5 Å². The number of unbranched alkanes of at least 4 members (excludes halogenated alkanes) is 1. The van der Waals surface area contributed by atoms with Crippen LogP contribution in [0, 0.1) is 0 Å². The lowest BCUT2D eigenvalue weighted by Gasteiger charge is -2.01. The van der Waals surface area contributed by atoms with E-state index in [4.69, 9.17) is 10.5 Å². The lowest BCUT2D eigenvalue weighted by atomic mass is 10.4. The molecule has 2 N–H and O–H groups in total. The molecule has 0 saturated heterocycles. The van der Waals surface area contributed by atoms with Gasteiger partial charge in [0.15, 0.2) is 0 Å². The molecule has 3 nitrogen and oxygen atoms in total. The molecule has 0 aliphatic carbocycles. The van der Waals surface area contributed by atoms with Gasteiger partial charge in [0.05, 0.1) is 12.3 Å². The zero-order chi connectivity index (χ0) is 10.4. The molecule has 0 aliphatic heterocycles. The molecule has 0 aliphatic rings. The molecule has 1 rings (SSSR count). The van der Waals surface area contributed by atoms with E-state index in [0.717, 1.165) is 12.8 Å². The molecule has 0 atom stereocenters. The van der Waals surface area contributed by atoms with Crippen molar-refractivity contribution < 1.29 is 4.74 Å². The third-order valence-corrected chi connectivity index (χ3v) is 1.88. The molecule has 14 heavy (non-hydrogen) atoms. The van der Waals surface area contributed by atoms with Gasteiger partial charge in [0.25, 0.3) is 0 Å². The van der Waals surface area contributed by atoms with Crippen LogP contribution in [0.4, 0.5) is 5.69 Å². The van der Waals surface area contributed by atoms with Gasteiger partial charge in [-0.15, -0.1) is 0 Å². The van der Waals surface area contributed by atoms with E-state index in [9.17, 15) is 4.79 Å². The van der Waals surface area contributed by atoms with Crippen molar-refractivity contribution in [2.24, 2.45) is 0 Å². The highest BCUT2D eigenvalue weighted by molar-refractivity contribution is 5.39. The van der Waals surface area contributed by atoms with Crippen molar-refractivity contribution in [3.8, 4) is 5.75 Å². The molecule has 0 fully saturated rings. The molecule has 0 unspecified atom stereocenters. The maximum Gasteiger partial charge on any atom is 0.201 e. The highest BCUT2D eigenvalue weighted by Gasteiger charge is 1.93. The fourth-order valence-electron chi connectivity index (χ4n) is 0.994. The molecule has 0 amide bonds. The minimum Gasteiger partial charge on any atom is -0.494 e. The van der Waals surface area contributed by atoms with Crippen LogP contribution < -0.4 is 15.9 Å². The smallest absolute Gasteiger partial charge is 0.201 e. The first-order valence-electron chi connectivity index (χ1n) is 4.76. The van der Waals surface area contributed by atoms with E-state index in [1.165, 1.54) is 6.07 Å². The van der Waals surface area contributed by atoms with E-state index < -0.39 is 0 Å². The third-order valence-electron chi connectivity index (χ3n) is 1.88. The summed E-state index contributed by atoms with van der Waals surface area (Å²) in [4.78, 5) is 11.1. The zero-order valence-electron chi connectivity index (χ0n) is 8.32. The Bertz CT molecular complexity index is 350. The molecular weight excluding hydrogens is 178 g/mol. The van der Waals surface area contributed by atoms with Gasteiger partial charge in [-0.2, -0.15) is 0 Å². The first kappa shape index (κ1) is 10.6. The minimum atomic E-state index is -0.171. The fourth-order valence-corrected chi connectivity index (χ4v) is 0.994. The highest BCUT2D eigenvalue weighted by atomic mass is 16.5. The molecule has 0 heterocycles. The topological polar surface area (TPSA) is 52.3 Å². The van der Waals surface area contributed by atoms with Gasteiger partial charge in [-0.25, -0.2) is 0 Å². The first-order valence-corrected chi connectivity index (χ1v) is 4.76. The monoisotopic (exact) mass is 193 g/mol. The van der Waals surface area contributed by atoms with E-state index in [-0.39, 0.29) is 11.1 Å². The molecular formula is C11H15NO2. The molecule has 0 bridgehead atoms. The molecule has 1 aromatic carbocycles. The van der Waals surface area contributed by atoms with Crippen molar-refractivity contribution in [2.45, 2.75) is 19.8 Å². The molecule has 0 radical (unpaired) electrons. The second-order valence-corrected chi connectivity index (χ2v) is 3.09. The summed E-state index contributed by atoms with van der Waals surface area (Å²) >= 11 is 0. The Morgan fingerprint density at radius 2 is 2.00 bits per heavy atom. The molecule has 76 valence electrons. The normalized spacial score (nSPS) is 9.79. The minimum absolute atomic E-state index is 0.171. The summed E-state index contributed by atoms with van der Waals surface area (Å²) in [7, 11) is 0. The standard InChI is InChI=1S/C11H15NO2/c1-2-3-8-14-9-4-6-10(12)11(13)7-5-9/h4-7H,2-3,8H2,1H3,(H2,12,13). The number of hydrogen-bond donors (Lipinski definition) is 1. The summed E-state index contributed by atoms with van der Waals surface area (Å²) in [5, 5.41) is 0. The Morgan fingerprint density at radius 1 is 1.29 bits per heavy atom. The van der Waals surface area contributed by atoms with E-state index >= 15 is 0 Å². The predicted octanol–water partition coefficient (Wildman–Crippen LogP) is 1.81. The van der Waals surface area contributed by atoms with Crippen LogP contribution in [0.2, 0.25) is 0 Å². The number of anilines is 1. The summed E-state index contributed by atoms with van der Waals surface area (Å²) in [6.45, 7) is 2.77. The maximum atomic E-state index is 11.1. The third kappa shape index (κ3) is 3.09. The van der Waals surface area contributed by atoms with Crippen LogP contribution in [0.25, 0.3) is 0 Å². The van der Waals surface area contributed by atoms with E-state index in [1.54, 1.807) is 18.2 Å². The maximum absolute atomic E-state index is 11.1. The van der Waals surface area contributed by atoms with Crippen LogP contribution in [-0.4, -0.2) is 6.61 Å². The number of hydrogen-bond acceptors (Lipinski definition) is 3. The first-order chi connectivity index (χ1) is 6.74. The SMILES string of the molecule is CCCCOc1ccc(N)c(=O)cc1. The number of nitrogen functional groups attached to an aromatic ring is 1. The van der Waals surface area contributed by atoms with Gasteiger partial charge in [0.2, 0.25) is 5.43 Å². The molecule has 0 spiro atoms. The van der Waals surface area contributed by atoms with Crippen LogP contribution in [-0.2, 0) is 0 Å². The Balaban J connectivity index is 2.71. The van der Waals surface area contributed by atoms with Crippen molar-refractivity contribution in [1.82, 2.24) is 0 Å². The van der Waals surface area contributed by atoms with Crippen molar-refractivity contribution in [3.05, 3.63) is 34.5 Å². The quantitative estimate of drug-likeness (QED) is 0.742. The number of rotatable bonds is 4. The average molecular weight is 193 g/mol. The Hall–Kier alpha value is -1.51. The summed E-state index contributed by atoms with van der Waals surface area (Å²) in [5.41, 5.74) is 5.53. The zero-order valence-corrected chi connectivity index (χ0v) is 8.32. The second kappa shape index (κ2) is 5.27. The Morgan fingerprint density at radius 3 is 2.71 bits per heavy atom. The molecule has 0 saturated carbocycles. The van der Waals surface area contributed by atoms with Crippen LogP contribution in [0.1, 0.15) is 19.8 Å². The van der Waals surface area contributed by atoms with Gasteiger partial charge in [0.1, 0.15) is 5.75 Å². The molecule has 3 heteroatoms. The Kier molecular flexibility index (Phi) is 3.98. The van der Waals surface area contributed by atoms with Crippen LogP contribution in [0.5, 0.6) is 5.75 Å². The van der Waals surface area contributed by atoms with E-state index in [1.807, 2.05) is 0 Å². The number of nitrogens with two attached hydrogens (primary N) is 1. The molecule has 1 aromatic rings. The average Bonchev–Trinajstić information content (AvgIpc) is 2.33. The highest BCUT2D eigenvalue weighted by Crippen LogP contribution is 2.08. The van der Waals surface area contributed by atoms with Crippen LogP contribution >= 0.6 is 0 Å².